The summed E-state index contributed by atoms with van der Waals surface area (Å²) in [5.41, 5.74) is 1.32. The van der Waals surface area contributed by atoms with E-state index in [0.717, 1.165) is 0 Å². The van der Waals surface area contributed by atoms with Crippen molar-refractivity contribution in [2.45, 2.75) is 45.4 Å². The van der Waals surface area contributed by atoms with Crippen LogP contribution in [0.4, 0.5) is 0 Å². The fourth-order valence-electron chi connectivity index (χ4n) is 2.33. The van der Waals surface area contributed by atoms with Crippen molar-refractivity contribution in [2.75, 3.05) is 0 Å². The fourth-order valence-corrected chi connectivity index (χ4v) is 3.28. The molecule has 0 aliphatic heterocycles. The molecule has 104 valence electrons. The summed E-state index contributed by atoms with van der Waals surface area (Å²) >= 11 is 1.77. The molecule has 4 heteroatoms. The number of furan rings is 1. The third kappa shape index (κ3) is 3.69. The second-order valence-electron chi connectivity index (χ2n) is 5.02. The Hall–Kier alpha value is -1.10. The van der Waals surface area contributed by atoms with Crippen LogP contribution < -0.4 is 5.32 Å². The van der Waals surface area contributed by atoms with E-state index < -0.39 is 6.10 Å². The first-order chi connectivity index (χ1) is 9.08. The molecule has 3 unspecified atom stereocenters. The zero-order valence-electron chi connectivity index (χ0n) is 11.6. The number of thiophene rings is 1. The molecule has 2 aromatic rings. The highest BCUT2D eigenvalue weighted by molar-refractivity contribution is 7.10. The van der Waals surface area contributed by atoms with Gasteiger partial charge in [-0.25, -0.2) is 0 Å². The number of aliphatic hydroxyl groups is 1. The van der Waals surface area contributed by atoms with E-state index in [2.05, 4.69) is 37.5 Å². The van der Waals surface area contributed by atoms with E-state index in [1.807, 2.05) is 6.07 Å². The van der Waals surface area contributed by atoms with Gasteiger partial charge in [0.15, 0.2) is 0 Å². The minimum Gasteiger partial charge on any atom is -0.467 e. The van der Waals surface area contributed by atoms with E-state index in [-0.39, 0.29) is 6.04 Å². The molecule has 0 fully saturated rings. The summed E-state index contributed by atoms with van der Waals surface area (Å²) in [6.07, 6.45) is 1.69. The Labute approximate surface area is 118 Å². The zero-order valence-corrected chi connectivity index (χ0v) is 12.4. The number of nitrogens with one attached hydrogen (secondary N) is 1. The lowest BCUT2D eigenvalue weighted by molar-refractivity contribution is 0.127. The summed E-state index contributed by atoms with van der Waals surface area (Å²) in [5, 5.41) is 15.7. The maximum Gasteiger partial charge on any atom is 0.132 e. The number of hydrogen-bond donors (Lipinski definition) is 2. The van der Waals surface area contributed by atoms with Crippen molar-refractivity contribution in [3.8, 4) is 0 Å². The molecule has 0 saturated heterocycles. The first-order valence-electron chi connectivity index (χ1n) is 6.59. The zero-order chi connectivity index (χ0) is 13.8. The Morgan fingerprint density at radius 3 is 2.74 bits per heavy atom. The van der Waals surface area contributed by atoms with Crippen LogP contribution in [0.3, 0.4) is 0 Å². The maximum absolute atomic E-state index is 10.0. The Morgan fingerprint density at radius 2 is 2.16 bits per heavy atom. The number of rotatable bonds is 6. The van der Waals surface area contributed by atoms with Gasteiger partial charge in [0.25, 0.3) is 0 Å². The van der Waals surface area contributed by atoms with Crippen LogP contribution >= 0.6 is 11.3 Å². The lowest BCUT2D eigenvalue weighted by atomic mass is 10.1. The summed E-state index contributed by atoms with van der Waals surface area (Å²) in [5.74, 6) is 0.633. The third-order valence-corrected chi connectivity index (χ3v) is 4.48. The Morgan fingerprint density at radius 1 is 1.37 bits per heavy atom. The van der Waals surface area contributed by atoms with Crippen molar-refractivity contribution in [1.29, 1.82) is 0 Å². The fraction of sp³-hybridized carbons (Fsp3) is 0.467. The highest BCUT2D eigenvalue weighted by atomic mass is 32.1. The van der Waals surface area contributed by atoms with Gasteiger partial charge < -0.3 is 14.8 Å². The molecule has 0 aliphatic rings. The topological polar surface area (TPSA) is 45.4 Å². The standard InChI is InChI=1S/C15H21NO2S/c1-10-6-8-19-15(10)12(3)16-11(2)9-13(17)14-5-4-7-18-14/h4-8,11-13,16-17H,9H2,1-3H3. The largest absolute Gasteiger partial charge is 0.467 e. The van der Waals surface area contributed by atoms with E-state index in [0.29, 0.717) is 18.2 Å². The average molecular weight is 279 g/mol. The first kappa shape index (κ1) is 14.3. The van der Waals surface area contributed by atoms with Crippen molar-refractivity contribution in [3.63, 3.8) is 0 Å². The predicted octanol–water partition coefficient (Wildman–Crippen LogP) is 3.81. The molecule has 2 N–H and O–H groups in total. The summed E-state index contributed by atoms with van der Waals surface area (Å²) in [6.45, 7) is 6.38. The Balaban J connectivity index is 1.87. The highest BCUT2D eigenvalue weighted by Gasteiger charge is 2.17. The maximum atomic E-state index is 10.0. The second kappa shape index (κ2) is 6.37. The van der Waals surface area contributed by atoms with E-state index in [1.54, 1.807) is 23.7 Å². The van der Waals surface area contributed by atoms with Crippen LogP contribution in [0.25, 0.3) is 0 Å². The summed E-state index contributed by atoms with van der Waals surface area (Å²) in [4.78, 5) is 1.36. The number of hydrogen-bond acceptors (Lipinski definition) is 4. The van der Waals surface area contributed by atoms with Crippen molar-refractivity contribution in [3.05, 3.63) is 46.0 Å². The molecule has 2 rings (SSSR count). The van der Waals surface area contributed by atoms with Gasteiger partial charge in [-0.1, -0.05) is 0 Å². The van der Waals surface area contributed by atoms with Crippen molar-refractivity contribution in [2.24, 2.45) is 0 Å². The van der Waals surface area contributed by atoms with Gasteiger partial charge in [-0.2, -0.15) is 0 Å². The van der Waals surface area contributed by atoms with Gasteiger partial charge in [0.05, 0.1) is 6.26 Å². The van der Waals surface area contributed by atoms with Crippen LogP contribution in [0, 0.1) is 6.92 Å². The second-order valence-corrected chi connectivity index (χ2v) is 5.97. The normalized spacial score (nSPS) is 16.2. The van der Waals surface area contributed by atoms with Crippen LogP contribution in [-0.4, -0.2) is 11.1 Å². The molecule has 19 heavy (non-hydrogen) atoms. The molecule has 0 amide bonds. The van der Waals surface area contributed by atoms with E-state index in [1.165, 1.54) is 10.4 Å². The smallest absolute Gasteiger partial charge is 0.132 e. The quantitative estimate of drug-likeness (QED) is 0.845. The minimum atomic E-state index is -0.547. The lowest BCUT2D eigenvalue weighted by Crippen LogP contribution is -2.30. The molecule has 0 spiro atoms. The van der Waals surface area contributed by atoms with Crippen molar-refractivity contribution in [1.82, 2.24) is 5.32 Å². The number of aliphatic hydroxyl groups excluding tert-OH is 1. The molecule has 0 aliphatic carbocycles. The van der Waals surface area contributed by atoms with Crippen LogP contribution in [0.2, 0.25) is 0 Å². The van der Waals surface area contributed by atoms with Crippen molar-refractivity contribution < 1.29 is 9.52 Å². The molecule has 3 nitrogen and oxygen atoms in total. The van der Waals surface area contributed by atoms with Gasteiger partial charge in [-0.05, 0) is 56.3 Å². The van der Waals surface area contributed by atoms with Crippen LogP contribution in [0.5, 0.6) is 0 Å². The monoisotopic (exact) mass is 279 g/mol. The van der Waals surface area contributed by atoms with Crippen LogP contribution in [0.15, 0.2) is 34.3 Å². The lowest BCUT2D eigenvalue weighted by Gasteiger charge is -2.21. The molecule has 2 aromatic heterocycles. The van der Waals surface area contributed by atoms with Gasteiger partial charge in [-0.3, -0.25) is 0 Å². The number of aryl methyl sites for hydroxylation is 1. The molecule has 0 aromatic carbocycles. The minimum absolute atomic E-state index is 0.219. The summed E-state index contributed by atoms with van der Waals surface area (Å²) < 4.78 is 5.22. The SMILES string of the molecule is Cc1ccsc1C(C)NC(C)CC(O)c1ccco1. The van der Waals surface area contributed by atoms with Crippen LogP contribution in [0.1, 0.15) is 48.6 Å². The van der Waals surface area contributed by atoms with E-state index >= 15 is 0 Å². The first-order valence-corrected chi connectivity index (χ1v) is 7.47. The molecular formula is C15H21NO2S. The summed E-state index contributed by atoms with van der Waals surface area (Å²) in [7, 11) is 0. The van der Waals surface area contributed by atoms with Gasteiger partial charge in [0.1, 0.15) is 11.9 Å². The molecular weight excluding hydrogens is 258 g/mol. The average Bonchev–Trinajstić information content (AvgIpc) is 2.98. The highest BCUT2D eigenvalue weighted by Crippen LogP contribution is 2.25. The molecule has 2 heterocycles. The van der Waals surface area contributed by atoms with Crippen LogP contribution in [-0.2, 0) is 0 Å². The molecule has 3 atom stereocenters. The van der Waals surface area contributed by atoms with E-state index in [4.69, 9.17) is 4.42 Å². The van der Waals surface area contributed by atoms with E-state index in [9.17, 15) is 5.11 Å². The molecule has 0 saturated carbocycles. The van der Waals surface area contributed by atoms with Gasteiger partial charge in [-0.15, -0.1) is 11.3 Å². The molecule has 0 bridgehead atoms. The van der Waals surface area contributed by atoms with Gasteiger partial charge in [0, 0.05) is 17.0 Å². The van der Waals surface area contributed by atoms with Gasteiger partial charge >= 0.3 is 0 Å². The Kier molecular flexibility index (Phi) is 4.80. The van der Waals surface area contributed by atoms with Gasteiger partial charge in [0.2, 0.25) is 0 Å². The summed E-state index contributed by atoms with van der Waals surface area (Å²) in [6, 6.07) is 6.27. The van der Waals surface area contributed by atoms with Crippen molar-refractivity contribution >= 4 is 11.3 Å². The predicted molar refractivity (Wildman–Crippen MR) is 78.4 cm³/mol. The Bertz CT molecular complexity index is 492. The third-order valence-electron chi connectivity index (χ3n) is 3.28. The molecule has 0 radical (unpaired) electrons.